The lowest BCUT2D eigenvalue weighted by molar-refractivity contribution is 0.0350. The van der Waals surface area contributed by atoms with E-state index in [1.807, 2.05) is 30.9 Å². The molecule has 0 aromatic carbocycles. The van der Waals surface area contributed by atoms with Crippen molar-refractivity contribution in [2.45, 2.75) is 32.8 Å². The summed E-state index contributed by atoms with van der Waals surface area (Å²) >= 11 is 0. The summed E-state index contributed by atoms with van der Waals surface area (Å²) < 4.78 is 5.34. The van der Waals surface area contributed by atoms with E-state index in [0.717, 1.165) is 44.0 Å². The molecule has 0 spiro atoms. The maximum atomic E-state index is 12.5. The van der Waals surface area contributed by atoms with Gasteiger partial charge in [0, 0.05) is 38.0 Å². The maximum absolute atomic E-state index is 12.5. The zero-order valence-electron chi connectivity index (χ0n) is 12.5. The van der Waals surface area contributed by atoms with Gasteiger partial charge in [0.2, 0.25) is 0 Å². The molecule has 0 saturated carbocycles. The van der Waals surface area contributed by atoms with Gasteiger partial charge in [-0.05, 0) is 38.8 Å². The van der Waals surface area contributed by atoms with Crippen molar-refractivity contribution < 1.29 is 9.53 Å². The van der Waals surface area contributed by atoms with Gasteiger partial charge in [-0.1, -0.05) is 0 Å². The van der Waals surface area contributed by atoms with Crippen LogP contribution in [0.15, 0.2) is 12.1 Å². The average Bonchev–Trinajstić information content (AvgIpc) is 2.46. The Morgan fingerprint density at radius 2 is 2.15 bits per heavy atom. The first kappa shape index (κ1) is 14.8. The number of anilines is 1. The molecule has 5 heteroatoms. The molecular weight excluding hydrogens is 254 g/mol. The number of carbonyl (C=O) groups excluding carboxylic acids is 1. The summed E-state index contributed by atoms with van der Waals surface area (Å²) in [5.74, 6) is 0.854. The van der Waals surface area contributed by atoms with E-state index >= 15 is 0 Å². The molecule has 2 heterocycles. The van der Waals surface area contributed by atoms with E-state index in [-0.39, 0.29) is 12.0 Å². The fraction of sp³-hybridized carbons (Fsp3) is 0.600. The number of hydrogen-bond donors (Lipinski definition) is 1. The molecule has 0 atom stereocenters. The first-order valence-electron chi connectivity index (χ1n) is 7.18. The Kier molecular flexibility index (Phi) is 4.95. The summed E-state index contributed by atoms with van der Waals surface area (Å²) in [6.45, 7) is 6.24. The lowest BCUT2D eigenvalue weighted by Gasteiger charge is -2.31. The molecule has 2 rings (SSSR count). The normalized spacial score (nSPS) is 16.2. The van der Waals surface area contributed by atoms with E-state index in [9.17, 15) is 4.79 Å². The van der Waals surface area contributed by atoms with E-state index in [4.69, 9.17) is 4.74 Å². The Labute approximate surface area is 120 Å². The topological polar surface area (TPSA) is 54.5 Å². The molecular formula is C15H23N3O2. The second-order valence-corrected chi connectivity index (χ2v) is 5.14. The minimum Gasteiger partial charge on any atom is -0.381 e. The number of ether oxygens (including phenoxy) is 1. The van der Waals surface area contributed by atoms with Crippen molar-refractivity contribution >= 4 is 11.7 Å². The highest BCUT2D eigenvalue weighted by molar-refractivity contribution is 5.95. The molecule has 1 aliphatic rings. The largest absolute Gasteiger partial charge is 0.381 e. The number of nitrogens with one attached hydrogen (secondary N) is 1. The number of rotatable bonds is 4. The quantitative estimate of drug-likeness (QED) is 0.915. The van der Waals surface area contributed by atoms with Crippen molar-refractivity contribution in [1.29, 1.82) is 0 Å². The predicted molar refractivity (Wildman–Crippen MR) is 79.1 cm³/mol. The highest BCUT2D eigenvalue weighted by Gasteiger charge is 2.23. The molecule has 0 bridgehead atoms. The number of aromatic nitrogens is 1. The summed E-state index contributed by atoms with van der Waals surface area (Å²) in [6.07, 6.45) is 2.11. The van der Waals surface area contributed by atoms with Crippen LogP contribution in [0, 0.1) is 6.92 Å². The van der Waals surface area contributed by atoms with E-state index in [0.29, 0.717) is 5.56 Å². The summed E-state index contributed by atoms with van der Waals surface area (Å²) in [6, 6.07) is 3.69. The van der Waals surface area contributed by atoms with Gasteiger partial charge < -0.3 is 15.0 Å². The summed E-state index contributed by atoms with van der Waals surface area (Å²) in [7, 11) is 1.73. The first-order chi connectivity index (χ1) is 9.63. The molecule has 110 valence electrons. The number of hydrogen-bond acceptors (Lipinski definition) is 4. The van der Waals surface area contributed by atoms with Gasteiger partial charge in [-0.15, -0.1) is 0 Å². The van der Waals surface area contributed by atoms with Crippen LogP contribution in [0.1, 0.15) is 35.8 Å². The summed E-state index contributed by atoms with van der Waals surface area (Å²) in [5.41, 5.74) is 1.57. The molecule has 1 aliphatic heterocycles. The number of amides is 1. The van der Waals surface area contributed by atoms with Crippen LogP contribution in [-0.4, -0.2) is 48.6 Å². The number of piperidine rings is 1. The van der Waals surface area contributed by atoms with E-state index in [2.05, 4.69) is 10.3 Å². The van der Waals surface area contributed by atoms with E-state index < -0.39 is 0 Å². The molecule has 1 N–H and O–H groups in total. The van der Waals surface area contributed by atoms with Gasteiger partial charge in [0.05, 0.1) is 6.10 Å². The Balaban J connectivity index is 2.09. The number of carbonyl (C=O) groups is 1. The molecule has 5 nitrogen and oxygen atoms in total. The van der Waals surface area contributed by atoms with Crippen LogP contribution in [0.25, 0.3) is 0 Å². The Morgan fingerprint density at radius 1 is 1.45 bits per heavy atom. The Hall–Kier alpha value is -1.62. The van der Waals surface area contributed by atoms with Gasteiger partial charge in [0.25, 0.3) is 5.91 Å². The summed E-state index contributed by atoms with van der Waals surface area (Å²) in [5, 5.41) is 3.16. The highest BCUT2D eigenvalue weighted by atomic mass is 16.5. The number of methoxy groups -OCH3 is 1. The first-order valence-corrected chi connectivity index (χ1v) is 7.18. The molecule has 0 aliphatic carbocycles. The van der Waals surface area contributed by atoms with E-state index in [1.165, 1.54) is 0 Å². The minimum atomic E-state index is 0.0872. The molecule has 0 radical (unpaired) electrons. The van der Waals surface area contributed by atoms with Gasteiger partial charge in [0.1, 0.15) is 5.82 Å². The molecule has 1 aromatic rings. The average molecular weight is 277 g/mol. The van der Waals surface area contributed by atoms with Crippen LogP contribution in [0.4, 0.5) is 5.82 Å². The fourth-order valence-electron chi connectivity index (χ4n) is 2.54. The van der Waals surface area contributed by atoms with E-state index in [1.54, 1.807) is 7.11 Å². The fourth-order valence-corrected chi connectivity index (χ4v) is 2.54. The standard InChI is InChI=1S/C15H23N3O2/c1-4-16-14-10-12(9-11(2)17-14)15(19)18-7-5-13(20-3)6-8-18/h9-10,13H,4-8H2,1-3H3,(H,16,17). The van der Waals surface area contributed by atoms with Crippen LogP contribution in [0.3, 0.4) is 0 Å². The van der Waals surface area contributed by atoms with Crippen molar-refractivity contribution in [2.75, 3.05) is 32.1 Å². The van der Waals surface area contributed by atoms with Gasteiger partial charge in [-0.25, -0.2) is 4.98 Å². The molecule has 20 heavy (non-hydrogen) atoms. The smallest absolute Gasteiger partial charge is 0.254 e. The number of likely N-dealkylation sites (tertiary alicyclic amines) is 1. The molecule has 1 amide bonds. The Bertz CT molecular complexity index is 468. The zero-order valence-corrected chi connectivity index (χ0v) is 12.5. The van der Waals surface area contributed by atoms with Crippen LogP contribution < -0.4 is 5.32 Å². The van der Waals surface area contributed by atoms with Gasteiger partial charge >= 0.3 is 0 Å². The number of pyridine rings is 1. The third-order valence-electron chi connectivity index (χ3n) is 3.62. The summed E-state index contributed by atoms with van der Waals surface area (Å²) in [4.78, 5) is 18.8. The maximum Gasteiger partial charge on any atom is 0.254 e. The van der Waals surface area contributed by atoms with Gasteiger partial charge in [-0.2, -0.15) is 0 Å². The van der Waals surface area contributed by atoms with Crippen molar-refractivity contribution in [1.82, 2.24) is 9.88 Å². The monoisotopic (exact) mass is 277 g/mol. The van der Waals surface area contributed by atoms with Crippen molar-refractivity contribution in [2.24, 2.45) is 0 Å². The van der Waals surface area contributed by atoms with Gasteiger partial charge in [-0.3, -0.25) is 4.79 Å². The number of aryl methyl sites for hydroxylation is 1. The van der Waals surface area contributed by atoms with Crippen molar-refractivity contribution in [3.05, 3.63) is 23.4 Å². The number of nitrogens with zero attached hydrogens (tertiary/aromatic N) is 2. The Morgan fingerprint density at radius 3 is 2.75 bits per heavy atom. The van der Waals surface area contributed by atoms with Crippen molar-refractivity contribution in [3.8, 4) is 0 Å². The predicted octanol–water partition coefficient (Wildman–Crippen LogP) is 2.07. The highest BCUT2D eigenvalue weighted by Crippen LogP contribution is 2.17. The van der Waals surface area contributed by atoms with Crippen LogP contribution in [0.2, 0.25) is 0 Å². The SMILES string of the molecule is CCNc1cc(C(=O)N2CCC(OC)CC2)cc(C)n1. The van der Waals surface area contributed by atoms with Crippen molar-refractivity contribution in [3.63, 3.8) is 0 Å². The second kappa shape index (κ2) is 6.70. The van der Waals surface area contributed by atoms with Crippen LogP contribution >= 0.6 is 0 Å². The van der Waals surface area contributed by atoms with Gasteiger partial charge in [0.15, 0.2) is 0 Å². The zero-order chi connectivity index (χ0) is 14.5. The third kappa shape index (κ3) is 3.48. The molecule has 0 unspecified atom stereocenters. The second-order valence-electron chi connectivity index (χ2n) is 5.14. The minimum absolute atomic E-state index is 0.0872. The molecule has 1 fully saturated rings. The molecule has 1 aromatic heterocycles. The third-order valence-corrected chi connectivity index (χ3v) is 3.62. The lowest BCUT2D eigenvalue weighted by Crippen LogP contribution is -2.40. The van der Waals surface area contributed by atoms with Crippen LogP contribution in [0.5, 0.6) is 0 Å². The molecule has 1 saturated heterocycles. The lowest BCUT2D eigenvalue weighted by atomic mass is 10.1. The van der Waals surface area contributed by atoms with Crippen LogP contribution in [-0.2, 0) is 4.74 Å².